The molecule has 9 aromatic rings. The van der Waals surface area contributed by atoms with Crippen molar-refractivity contribution in [1.82, 2.24) is 0 Å². The Morgan fingerprint density at radius 1 is 0.274 bits per heavy atom. The molecule has 0 aromatic heterocycles. The molecule has 2 aliphatic rings. The van der Waals surface area contributed by atoms with Crippen molar-refractivity contribution in [3.8, 4) is 44.5 Å². The molecule has 9 aromatic carbocycles. The molecule has 0 aliphatic carbocycles. The van der Waals surface area contributed by atoms with E-state index in [0.29, 0.717) is 0 Å². The van der Waals surface area contributed by atoms with Crippen LogP contribution in [0.4, 0.5) is 34.1 Å². The van der Waals surface area contributed by atoms with Crippen LogP contribution in [0.5, 0.6) is 0 Å². The standard InChI is InChI=1S/C70H69BN2/c1-67(2,3)56-40-50(36-38-52(56)46-26-17-13-18-27-46)72-62-34-25-35-63-66(62)71(60-42-54(48-30-21-15-22-31-48)58(44-64(60)72)69(7,8)9)61-43-55(49-32-23-16-24-33-49)59(70(10,11)12)45-65(61)73(63)51-37-39-53(47-28-19-14-20-29-47)57(41-51)68(4,5)6/h13-45H,1-12H3. The highest BCUT2D eigenvalue weighted by Crippen LogP contribution is 2.50. The minimum Gasteiger partial charge on any atom is -0.311 e. The maximum Gasteiger partial charge on any atom is 0.252 e. The van der Waals surface area contributed by atoms with Gasteiger partial charge in [-0.15, -0.1) is 0 Å². The first-order chi connectivity index (χ1) is 34.8. The fourth-order valence-electron chi connectivity index (χ4n) is 11.9. The average Bonchev–Trinajstić information content (AvgIpc) is 3.37. The SMILES string of the molecule is CC(C)(C)c1cc(N2c3cc(C(C)(C)C)c(-c4ccccc4)cc3B3c4cc(-c5ccccc5)c(C(C)(C)C)cc4N(c4ccc(-c5ccccc5)c(C(C)(C)C)c4)c4cccc2c43)ccc1-c1ccccc1. The summed E-state index contributed by atoms with van der Waals surface area (Å²) in [6.07, 6.45) is 0. The largest absolute Gasteiger partial charge is 0.311 e. The summed E-state index contributed by atoms with van der Waals surface area (Å²) in [6, 6.07) is 75.9. The van der Waals surface area contributed by atoms with Crippen LogP contribution in [0.3, 0.4) is 0 Å². The number of hydrogen-bond donors (Lipinski definition) is 0. The maximum atomic E-state index is 2.61. The van der Waals surface area contributed by atoms with Gasteiger partial charge in [0, 0.05) is 34.1 Å². The summed E-state index contributed by atoms with van der Waals surface area (Å²) < 4.78 is 0. The Morgan fingerprint density at radius 2 is 0.575 bits per heavy atom. The molecule has 0 unspecified atom stereocenters. The fourth-order valence-corrected chi connectivity index (χ4v) is 11.9. The number of hydrogen-bond acceptors (Lipinski definition) is 2. The van der Waals surface area contributed by atoms with Crippen LogP contribution in [0.1, 0.15) is 105 Å². The van der Waals surface area contributed by atoms with Gasteiger partial charge in [-0.1, -0.05) is 235 Å². The molecule has 11 rings (SSSR count). The fraction of sp³-hybridized carbons (Fsp3) is 0.229. The highest BCUT2D eigenvalue weighted by atomic mass is 15.2. The van der Waals surface area contributed by atoms with Gasteiger partial charge in [-0.05, 0) is 153 Å². The monoisotopic (exact) mass is 949 g/mol. The van der Waals surface area contributed by atoms with Crippen LogP contribution in [-0.2, 0) is 21.7 Å². The van der Waals surface area contributed by atoms with Crippen molar-refractivity contribution in [2.24, 2.45) is 0 Å². The summed E-state index contributed by atoms with van der Waals surface area (Å²) in [5.41, 5.74) is 26.0. The van der Waals surface area contributed by atoms with Crippen LogP contribution >= 0.6 is 0 Å². The van der Waals surface area contributed by atoms with Crippen LogP contribution < -0.4 is 26.2 Å². The van der Waals surface area contributed by atoms with Crippen molar-refractivity contribution in [3.05, 3.63) is 222 Å². The Kier molecular flexibility index (Phi) is 11.6. The van der Waals surface area contributed by atoms with E-state index < -0.39 is 0 Å². The Hall–Kier alpha value is -7.36. The van der Waals surface area contributed by atoms with Crippen molar-refractivity contribution in [2.75, 3.05) is 9.80 Å². The van der Waals surface area contributed by atoms with E-state index in [9.17, 15) is 0 Å². The molecule has 0 saturated carbocycles. The van der Waals surface area contributed by atoms with Crippen molar-refractivity contribution in [2.45, 2.75) is 105 Å². The van der Waals surface area contributed by atoms with Crippen LogP contribution in [-0.4, -0.2) is 6.71 Å². The highest BCUT2D eigenvalue weighted by Gasteiger charge is 2.45. The van der Waals surface area contributed by atoms with Gasteiger partial charge < -0.3 is 9.80 Å². The topological polar surface area (TPSA) is 6.48 Å². The van der Waals surface area contributed by atoms with E-state index in [1.807, 2.05) is 0 Å². The summed E-state index contributed by atoms with van der Waals surface area (Å²) in [5, 5.41) is 0. The minimum absolute atomic E-state index is 0.0759. The Bertz CT molecular complexity index is 3300. The third-order valence-electron chi connectivity index (χ3n) is 15.4. The van der Waals surface area contributed by atoms with E-state index in [2.05, 4.69) is 293 Å². The second-order valence-corrected chi connectivity index (χ2v) is 24.7. The molecule has 0 radical (unpaired) electrons. The first-order valence-electron chi connectivity index (χ1n) is 26.4. The number of rotatable bonds is 6. The van der Waals surface area contributed by atoms with E-state index in [0.717, 1.165) is 11.4 Å². The third-order valence-corrected chi connectivity index (χ3v) is 15.4. The molecule has 0 N–H and O–H groups in total. The zero-order chi connectivity index (χ0) is 51.2. The number of anilines is 6. The van der Waals surface area contributed by atoms with Gasteiger partial charge in [0.05, 0.1) is 0 Å². The van der Waals surface area contributed by atoms with E-state index in [1.165, 1.54) is 106 Å². The van der Waals surface area contributed by atoms with Gasteiger partial charge in [-0.2, -0.15) is 0 Å². The van der Waals surface area contributed by atoms with Crippen molar-refractivity contribution in [1.29, 1.82) is 0 Å². The maximum absolute atomic E-state index is 2.61. The second kappa shape index (κ2) is 17.7. The summed E-state index contributed by atoms with van der Waals surface area (Å²) >= 11 is 0. The predicted octanol–water partition coefficient (Wildman–Crippen LogP) is 17.6. The number of fused-ring (bicyclic) bond motifs is 4. The Balaban J connectivity index is 1.27. The summed E-state index contributed by atoms with van der Waals surface area (Å²) in [5.74, 6) is 0. The molecule has 73 heavy (non-hydrogen) atoms. The smallest absolute Gasteiger partial charge is 0.252 e. The average molecular weight is 949 g/mol. The van der Waals surface area contributed by atoms with Gasteiger partial charge in [-0.3, -0.25) is 0 Å². The zero-order valence-corrected chi connectivity index (χ0v) is 45.0. The van der Waals surface area contributed by atoms with Gasteiger partial charge in [0.15, 0.2) is 0 Å². The van der Waals surface area contributed by atoms with E-state index in [-0.39, 0.29) is 28.4 Å². The zero-order valence-electron chi connectivity index (χ0n) is 45.0. The molecule has 0 amide bonds. The second-order valence-electron chi connectivity index (χ2n) is 24.7. The normalized spacial score (nSPS) is 13.4. The Labute approximate surface area is 436 Å². The molecule has 2 aliphatic heterocycles. The highest BCUT2D eigenvalue weighted by molar-refractivity contribution is 7.00. The lowest BCUT2D eigenvalue weighted by Crippen LogP contribution is -2.61. The van der Waals surface area contributed by atoms with Crippen LogP contribution in [0, 0.1) is 0 Å². The van der Waals surface area contributed by atoms with Crippen LogP contribution in [0.15, 0.2) is 200 Å². The lowest BCUT2D eigenvalue weighted by Gasteiger charge is -2.46. The van der Waals surface area contributed by atoms with E-state index in [1.54, 1.807) is 0 Å². The molecule has 0 saturated heterocycles. The molecule has 3 heteroatoms. The van der Waals surface area contributed by atoms with Crippen LogP contribution in [0.2, 0.25) is 0 Å². The number of nitrogens with zero attached hydrogens (tertiary/aromatic N) is 2. The quantitative estimate of drug-likeness (QED) is 0.153. The van der Waals surface area contributed by atoms with Crippen molar-refractivity contribution >= 4 is 57.2 Å². The molecule has 2 nitrogen and oxygen atoms in total. The number of benzene rings is 9. The van der Waals surface area contributed by atoms with Gasteiger partial charge in [0.25, 0.3) is 6.71 Å². The summed E-state index contributed by atoms with van der Waals surface area (Å²) in [7, 11) is 0. The molecule has 0 bridgehead atoms. The van der Waals surface area contributed by atoms with E-state index in [4.69, 9.17) is 0 Å². The van der Waals surface area contributed by atoms with Gasteiger partial charge in [0.1, 0.15) is 0 Å². The van der Waals surface area contributed by atoms with Crippen LogP contribution in [0.25, 0.3) is 44.5 Å². The minimum atomic E-state index is -0.151. The first-order valence-corrected chi connectivity index (χ1v) is 26.4. The lowest BCUT2D eigenvalue weighted by atomic mass is 9.33. The van der Waals surface area contributed by atoms with Gasteiger partial charge >= 0.3 is 0 Å². The van der Waals surface area contributed by atoms with Crippen molar-refractivity contribution < 1.29 is 0 Å². The van der Waals surface area contributed by atoms with E-state index >= 15 is 0 Å². The molecular formula is C70H69BN2. The van der Waals surface area contributed by atoms with Gasteiger partial charge in [0.2, 0.25) is 0 Å². The molecule has 2 heterocycles. The summed E-state index contributed by atoms with van der Waals surface area (Å²) in [6.45, 7) is 28.3. The Morgan fingerprint density at radius 3 is 0.890 bits per heavy atom. The third kappa shape index (κ3) is 8.51. The molecule has 0 fully saturated rings. The molecule has 362 valence electrons. The molecule has 0 spiro atoms. The summed E-state index contributed by atoms with van der Waals surface area (Å²) in [4.78, 5) is 5.23. The van der Waals surface area contributed by atoms with Crippen molar-refractivity contribution in [3.63, 3.8) is 0 Å². The molecule has 0 atom stereocenters. The predicted molar refractivity (Wildman–Crippen MR) is 317 cm³/mol. The lowest BCUT2D eigenvalue weighted by molar-refractivity contribution is 0.591. The molecular weight excluding hydrogens is 880 g/mol. The van der Waals surface area contributed by atoms with Gasteiger partial charge in [-0.25, -0.2) is 0 Å². The first kappa shape index (κ1) is 47.9.